The fourth-order valence-corrected chi connectivity index (χ4v) is 2.21. The molecule has 0 unspecified atom stereocenters. The highest BCUT2D eigenvalue weighted by Crippen LogP contribution is 2.15. The Kier molecular flexibility index (Phi) is 5.21. The average molecular weight is 293 g/mol. The van der Waals surface area contributed by atoms with E-state index in [1.165, 1.54) is 17.3 Å². The highest BCUT2D eigenvalue weighted by molar-refractivity contribution is 5.92. The summed E-state index contributed by atoms with van der Waals surface area (Å²) in [5.74, 6) is -1.24. The van der Waals surface area contributed by atoms with Crippen LogP contribution in [0.5, 0.6) is 0 Å². The molecule has 21 heavy (non-hydrogen) atoms. The van der Waals surface area contributed by atoms with E-state index >= 15 is 0 Å². The number of nitrogens with zero attached hydrogens (tertiary/aromatic N) is 3. The molecule has 1 aliphatic rings. The summed E-state index contributed by atoms with van der Waals surface area (Å²) >= 11 is 0. The van der Waals surface area contributed by atoms with E-state index in [1.54, 1.807) is 6.92 Å². The van der Waals surface area contributed by atoms with Gasteiger partial charge in [0.15, 0.2) is 0 Å². The number of rotatable bonds is 6. The number of ether oxygens (including phenoxy) is 1. The van der Waals surface area contributed by atoms with Gasteiger partial charge in [-0.2, -0.15) is 0 Å². The number of hydrogen-bond donors (Lipinski definition) is 1. The predicted octanol–water partition coefficient (Wildman–Crippen LogP) is 0.881. The Bertz CT molecular complexity index is 497. The highest BCUT2D eigenvalue weighted by Gasteiger charge is 2.24. The Morgan fingerprint density at radius 2 is 2.24 bits per heavy atom. The summed E-state index contributed by atoms with van der Waals surface area (Å²) in [6.07, 6.45) is 4.67. The third kappa shape index (κ3) is 4.49. The maximum atomic E-state index is 12.4. The standard InChI is InChI=1S/C14H19N3O4/c1-10-7-16-12(8-15-10)14(20)17(5-4-13(18)19)9-11-3-2-6-21-11/h7-8,11H,2-6,9H2,1H3,(H,18,19)/t11-/m0/s1. The van der Waals surface area contributed by atoms with Crippen LogP contribution in [0.3, 0.4) is 0 Å². The normalized spacial score (nSPS) is 17.7. The van der Waals surface area contributed by atoms with Crippen molar-refractivity contribution in [2.45, 2.75) is 32.3 Å². The summed E-state index contributed by atoms with van der Waals surface area (Å²) in [7, 11) is 0. The van der Waals surface area contributed by atoms with Crippen LogP contribution in [0, 0.1) is 6.92 Å². The van der Waals surface area contributed by atoms with Crippen LogP contribution in [0.1, 0.15) is 35.4 Å². The van der Waals surface area contributed by atoms with Crippen LogP contribution in [-0.2, 0) is 9.53 Å². The first kappa shape index (κ1) is 15.4. The van der Waals surface area contributed by atoms with E-state index in [0.717, 1.165) is 18.5 Å². The maximum Gasteiger partial charge on any atom is 0.305 e. The quantitative estimate of drug-likeness (QED) is 0.837. The van der Waals surface area contributed by atoms with Crippen LogP contribution >= 0.6 is 0 Å². The molecule has 0 bridgehead atoms. The van der Waals surface area contributed by atoms with Crippen molar-refractivity contribution in [2.75, 3.05) is 19.7 Å². The van der Waals surface area contributed by atoms with E-state index in [1.807, 2.05) is 0 Å². The van der Waals surface area contributed by atoms with Crippen LogP contribution in [-0.4, -0.2) is 57.7 Å². The monoisotopic (exact) mass is 293 g/mol. The van der Waals surface area contributed by atoms with Crippen molar-refractivity contribution in [1.29, 1.82) is 0 Å². The third-order valence-electron chi connectivity index (χ3n) is 3.33. The van der Waals surface area contributed by atoms with Gasteiger partial charge in [-0.25, -0.2) is 4.98 Å². The number of carbonyl (C=O) groups excluding carboxylic acids is 1. The molecule has 1 amide bonds. The minimum atomic E-state index is -0.935. The molecule has 114 valence electrons. The van der Waals surface area contributed by atoms with Crippen molar-refractivity contribution < 1.29 is 19.4 Å². The van der Waals surface area contributed by atoms with Crippen molar-refractivity contribution in [3.8, 4) is 0 Å². The van der Waals surface area contributed by atoms with Gasteiger partial charge in [-0.15, -0.1) is 0 Å². The van der Waals surface area contributed by atoms with Gasteiger partial charge in [0.05, 0.1) is 24.4 Å². The van der Waals surface area contributed by atoms with Crippen molar-refractivity contribution in [2.24, 2.45) is 0 Å². The van der Waals surface area contributed by atoms with Gasteiger partial charge in [0.1, 0.15) is 5.69 Å². The fourth-order valence-electron chi connectivity index (χ4n) is 2.21. The second-order valence-electron chi connectivity index (χ2n) is 5.07. The zero-order valence-electron chi connectivity index (χ0n) is 12.0. The molecule has 0 saturated carbocycles. The van der Waals surface area contributed by atoms with Gasteiger partial charge in [-0.3, -0.25) is 14.6 Å². The smallest absolute Gasteiger partial charge is 0.305 e. The molecule has 1 saturated heterocycles. The molecule has 0 aromatic carbocycles. The first-order chi connectivity index (χ1) is 10.1. The second-order valence-corrected chi connectivity index (χ2v) is 5.07. The molecule has 0 radical (unpaired) electrons. The Morgan fingerprint density at radius 3 is 2.81 bits per heavy atom. The van der Waals surface area contributed by atoms with Gasteiger partial charge in [0.2, 0.25) is 0 Å². The first-order valence-electron chi connectivity index (χ1n) is 6.97. The van der Waals surface area contributed by atoms with Crippen molar-refractivity contribution in [1.82, 2.24) is 14.9 Å². The molecule has 1 aromatic rings. The molecule has 0 spiro atoms. The number of aliphatic carboxylic acids is 1. The Labute approximate surface area is 123 Å². The van der Waals surface area contributed by atoms with Gasteiger partial charge in [-0.1, -0.05) is 0 Å². The van der Waals surface area contributed by atoms with E-state index in [4.69, 9.17) is 9.84 Å². The number of aromatic nitrogens is 2. The number of carboxylic acid groups (broad SMARTS) is 1. The summed E-state index contributed by atoms with van der Waals surface area (Å²) in [5.41, 5.74) is 0.951. The molecule has 1 aromatic heterocycles. The molecule has 2 rings (SSSR count). The van der Waals surface area contributed by atoms with Gasteiger partial charge in [0, 0.05) is 25.9 Å². The predicted molar refractivity (Wildman–Crippen MR) is 73.9 cm³/mol. The van der Waals surface area contributed by atoms with Crippen molar-refractivity contribution >= 4 is 11.9 Å². The molecule has 0 aliphatic carbocycles. The van der Waals surface area contributed by atoms with Crippen LogP contribution < -0.4 is 0 Å². The number of carbonyl (C=O) groups is 2. The number of hydrogen-bond acceptors (Lipinski definition) is 5. The first-order valence-corrected chi connectivity index (χ1v) is 6.97. The van der Waals surface area contributed by atoms with Crippen molar-refractivity contribution in [3.05, 3.63) is 23.8 Å². The molecule has 2 heterocycles. The Hall–Kier alpha value is -2.02. The van der Waals surface area contributed by atoms with Gasteiger partial charge < -0.3 is 14.7 Å². The maximum absolute atomic E-state index is 12.4. The number of amides is 1. The summed E-state index contributed by atoms with van der Waals surface area (Å²) in [4.78, 5) is 32.8. The van der Waals surface area contributed by atoms with Crippen LogP contribution in [0.2, 0.25) is 0 Å². The summed E-state index contributed by atoms with van der Waals surface area (Å²) in [5, 5.41) is 8.81. The number of aryl methyl sites for hydroxylation is 1. The van der Waals surface area contributed by atoms with Gasteiger partial charge in [0.25, 0.3) is 5.91 Å². The fraction of sp³-hybridized carbons (Fsp3) is 0.571. The number of carboxylic acids is 1. The lowest BCUT2D eigenvalue weighted by molar-refractivity contribution is -0.137. The lowest BCUT2D eigenvalue weighted by Gasteiger charge is -2.24. The largest absolute Gasteiger partial charge is 0.481 e. The Balaban J connectivity index is 2.06. The topological polar surface area (TPSA) is 92.6 Å². The molecular weight excluding hydrogens is 274 g/mol. The minimum Gasteiger partial charge on any atom is -0.481 e. The zero-order valence-corrected chi connectivity index (χ0v) is 12.0. The molecule has 7 nitrogen and oxygen atoms in total. The van der Waals surface area contributed by atoms with E-state index in [2.05, 4.69) is 9.97 Å². The molecular formula is C14H19N3O4. The van der Waals surface area contributed by atoms with Crippen molar-refractivity contribution in [3.63, 3.8) is 0 Å². The molecule has 7 heteroatoms. The SMILES string of the molecule is Cc1cnc(C(=O)N(CCC(=O)O)C[C@@H]2CCCO2)cn1. The molecule has 1 atom stereocenters. The van der Waals surface area contributed by atoms with Crippen LogP contribution in [0.4, 0.5) is 0 Å². The third-order valence-corrected chi connectivity index (χ3v) is 3.33. The average Bonchev–Trinajstić information content (AvgIpc) is 2.96. The lowest BCUT2D eigenvalue weighted by atomic mass is 10.2. The lowest BCUT2D eigenvalue weighted by Crippen LogP contribution is -2.39. The van der Waals surface area contributed by atoms with Gasteiger partial charge in [-0.05, 0) is 19.8 Å². The molecule has 1 fully saturated rings. The second kappa shape index (κ2) is 7.12. The van der Waals surface area contributed by atoms with E-state index in [-0.39, 0.29) is 30.7 Å². The zero-order chi connectivity index (χ0) is 15.2. The van der Waals surface area contributed by atoms with Crippen LogP contribution in [0.25, 0.3) is 0 Å². The van der Waals surface area contributed by atoms with E-state index < -0.39 is 5.97 Å². The summed E-state index contributed by atoms with van der Waals surface area (Å²) in [6, 6.07) is 0. The van der Waals surface area contributed by atoms with Gasteiger partial charge >= 0.3 is 5.97 Å². The summed E-state index contributed by atoms with van der Waals surface area (Å²) in [6.45, 7) is 3.01. The van der Waals surface area contributed by atoms with Crippen LogP contribution in [0.15, 0.2) is 12.4 Å². The minimum absolute atomic E-state index is 0.0267. The summed E-state index contributed by atoms with van der Waals surface area (Å²) < 4.78 is 5.52. The molecule has 1 N–H and O–H groups in total. The van der Waals surface area contributed by atoms with E-state index in [9.17, 15) is 9.59 Å². The molecule has 1 aliphatic heterocycles. The highest BCUT2D eigenvalue weighted by atomic mass is 16.5. The van der Waals surface area contributed by atoms with E-state index in [0.29, 0.717) is 13.2 Å². The Morgan fingerprint density at radius 1 is 1.43 bits per heavy atom.